The van der Waals surface area contributed by atoms with Gasteiger partial charge in [-0.25, -0.2) is 0 Å². The Morgan fingerprint density at radius 3 is 2.52 bits per heavy atom. The largest absolute Gasteiger partial charge is 0.485 e. The van der Waals surface area contributed by atoms with Gasteiger partial charge in [-0.05, 0) is 54.3 Å². The lowest BCUT2D eigenvalue weighted by molar-refractivity contribution is 0.0920. The summed E-state index contributed by atoms with van der Waals surface area (Å²) in [6.07, 6.45) is 3.01. The summed E-state index contributed by atoms with van der Waals surface area (Å²) < 4.78 is 10.8. The molecule has 5 heteroatoms. The summed E-state index contributed by atoms with van der Waals surface area (Å²) in [6, 6.07) is 13.3. The zero-order valence-corrected chi connectivity index (χ0v) is 14.4. The first-order valence-electron chi connectivity index (χ1n) is 8.35. The van der Waals surface area contributed by atoms with E-state index in [-0.39, 0.29) is 12.4 Å². The Labute approximate surface area is 146 Å². The lowest BCUT2D eigenvalue weighted by Crippen LogP contribution is -2.14. The van der Waals surface area contributed by atoms with E-state index in [1.54, 1.807) is 12.1 Å². The van der Waals surface area contributed by atoms with Crippen molar-refractivity contribution in [2.24, 2.45) is 0 Å². The van der Waals surface area contributed by atoms with E-state index in [1.807, 2.05) is 24.3 Å². The molecule has 0 amide bonds. The highest BCUT2D eigenvalue weighted by Crippen LogP contribution is 2.21. The number of benzene rings is 2. The summed E-state index contributed by atoms with van der Waals surface area (Å²) in [5, 5.41) is 7.51. The maximum absolute atomic E-state index is 12.6. The van der Waals surface area contributed by atoms with Gasteiger partial charge < -0.3 is 9.15 Å². The van der Waals surface area contributed by atoms with E-state index in [0.717, 1.165) is 35.1 Å². The van der Waals surface area contributed by atoms with Crippen molar-refractivity contribution in [2.45, 2.75) is 26.7 Å². The predicted molar refractivity (Wildman–Crippen MR) is 94.8 cm³/mol. The number of carbonyl (C=O) groups is 1. The van der Waals surface area contributed by atoms with Crippen molar-refractivity contribution < 1.29 is 13.9 Å². The number of aromatic nitrogens is 2. The first-order chi connectivity index (χ1) is 12.2. The van der Waals surface area contributed by atoms with Crippen LogP contribution in [0.5, 0.6) is 5.75 Å². The van der Waals surface area contributed by atoms with E-state index in [2.05, 4.69) is 30.1 Å². The fraction of sp³-hybridized carbons (Fsp3) is 0.250. The van der Waals surface area contributed by atoms with Crippen LogP contribution in [0, 0.1) is 0 Å². The van der Waals surface area contributed by atoms with Crippen LogP contribution in [0.25, 0.3) is 11.5 Å². The molecule has 0 radical (unpaired) electrons. The van der Waals surface area contributed by atoms with E-state index in [9.17, 15) is 4.79 Å². The highest BCUT2D eigenvalue weighted by atomic mass is 16.5. The Kier molecular flexibility index (Phi) is 5.23. The van der Waals surface area contributed by atoms with Crippen LogP contribution in [0.4, 0.5) is 0 Å². The van der Waals surface area contributed by atoms with Crippen LogP contribution in [0.2, 0.25) is 0 Å². The van der Waals surface area contributed by atoms with Gasteiger partial charge in [-0.3, -0.25) is 4.79 Å². The Morgan fingerprint density at radius 2 is 1.88 bits per heavy atom. The minimum atomic E-state index is -0.00636. The number of nitrogens with zero attached hydrogens (tertiary/aromatic N) is 2. The van der Waals surface area contributed by atoms with Crippen LogP contribution in [0.1, 0.15) is 35.3 Å². The molecule has 3 rings (SSSR count). The molecule has 0 aliphatic rings. The summed E-state index contributed by atoms with van der Waals surface area (Å²) in [6.45, 7) is 4.14. The van der Waals surface area contributed by atoms with Crippen molar-refractivity contribution in [3.05, 3.63) is 65.5 Å². The van der Waals surface area contributed by atoms with E-state index in [1.165, 1.54) is 6.39 Å². The van der Waals surface area contributed by atoms with Crippen LogP contribution in [-0.2, 0) is 12.8 Å². The smallest absolute Gasteiger partial charge is 0.247 e. The van der Waals surface area contributed by atoms with Gasteiger partial charge in [0.1, 0.15) is 5.75 Å². The zero-order chi connectivity index (χ0) is 17.6. The summed E-state index contributed by atoms with van der Waals surface area (Å²) in [4.78, 5) is 12.6. The second kappa shape index (κ2) is 7.75. The topological polar surface area (TPSA) is 65.2 Å². The number of hydrogen-bond donors (Lipinski definition) is 0. The fourth-order valence-corrected chi connectivity index (χ4v) is 2.63. The van der Waals surface area contributed by atoms with Gasteiger partial charge in [0, 0.05) is 11.1 Å². The van der Waals surface area contributed by atoms with Crippen LogP contribution in [0.15, 0.2) is 53.3 Å². The van der Waals surface area contributed by atoms with Gasteiger partial charge in [-0.15, -0.1) is 10.2 Å². The highest BCUT2D eigenvalue weighted by molar-refractivity contribution is 5.98. The van der Waals surface area contributed by atoms with Crippen molar-refractivity contribution >= 4 is 5.78 Å². The molecule has 0 unspecified atom stereocenters. The number of Topliss-reactive ketones (excluding diaryl/α,β-unsaturated/α-hetero) is 1. The number of ketones is 1. The number of carbonyl (C=O) groups excluding carboxylic acids is 1. The SMILES string of the molecule is CCc1ccc(CC)c(C(=O)COc2ccc(-c3nnco3)cc2)c1. The third-order valence-electron chi connectivity index (χ3n) is 4.10. The third kappa shape index (κ3) is 3.94. The Morgan fingerprint density at radius 1 is 1.08 bits per heavy atom. The molecule has 0 bridgehead atoms. The fourth-order valence-electron chi connectivity index (χ4n) is 2.63. The first kappa shape index (κ1) is 16.9. The van der Waals surface area contributed by atoms with Crippen molar-refractivity contribution in [1.29, 1.82) is 0 Å². The van der Waals surface area contributed by atoms with E-state index in [4.69, 9.17) is 9.15 Å². The molecule has 0 aliphatic carbocycles. The minimum Gasteiger partial charge on any atom is -0.485 e. The predicted octanol–water partition coefficient (Wildman–Crippen LogP) is 4.12. The summed E-state index contributed by atoms with van der Waals surface area (Å²) in [7, 11) is 0. The molecule has 2 aromatic carbocycles. The Hall–Kier alpha value is -2.95. The molecule has 0 N–H and O–H groups in total. The molecule has 3 aromatic rings. The summed E-state index contributed by atoms with van der Waals surface area (Å²) >= 11 is 0. The number of ether oxygens (including phenoxy) is 1. The van der Waals surface area contributed by atoms with Gasteiger partial charge >= 0.3 is 0 Å². The van der Waals surface area contributed by atoms with Crippen LogP contribution >= 0.6 is 0 Å². The lowest BCUT2D eigenvalue weighted by atomic mass is 9.98. The van der Waals surface area contributed by atoms with Crippen molar-refractivity contribution in [1.82, 2.24) is 10.2 Å². The van der Waals surface area contributed by atoms with Gasteiger partial charge in [0.05, 0.1) is 0 Å². The van der Waals surface area contributed by atoms with E-state index < -0.39 is 0 Å². The number of hydrogen-bond acceptors (Lipinski definition) is 5. The summed E-state index contributed by atoms with van der Waals surface area (Å²) in [5.41, 5.74) is 3.77. The van der Waals surface area contributed by atoms with Gasteiger partial charge in [0.2, 0.25) is 12.3 Å². The van der Waals surface area contributed by atoms with Crippen molar-refractivity contribution in [2.75, 3.05) is 6.61 Å². The maximum atomic E-state index is 12.6. The average Bonchev–Trinajstić information content (AvgIpc) is 3.20. The van der Waals surface area contributed by atoms with Crippen molar-refractivity contribution in [3.63, 3.8) is 0 Å². The molecule has 0 atom stereocenters. The molecule has 0 spiro atoms. The van der Waals surface area contributed by atoms with Gasteiger partial charge in [0.25, 0.3) is 0 Å². The molecule has 0 aliphatic heterocycles. The zero-order valence-electron chi connectivity index (χ0n) is 14.4. The Balaban J connectivity index is 1.68. The molecule has 1 aromatic heterocycles. The second-order valence-corrected chi connectivity index (χ2v) is 5.68. The molecule has 0 fully saturated rings. The third-order valence-corrected chi connectivity index (χ3v) is 4.10. The maximum Gasteiger partial charge on any atom is 0.247 e. The molecule has 0 saturated heterocycles. The quantitative estimate of drug-likeness (QED) is 0.607. The van der Waals surface area contributed by atoms with E-state index >= 15 is 0 Å². The average molecular weight is 336 g/mol. The normalized spacial score (nSPS) is 10.6. The lowest BCUT2D eigenvalue weighted by Gasteiger charge is -2.10. The Bertz CT molecular complexity index is 840. The molecule has 5 nitrogen and oxygen atoms in total. The molecule has 128 valence electrons. The van der Waals surface area contributed by atoms with Gasteiger partial charge in [-0.2, -0.15) is 0 Å². The number of aryl methyl sites for hydroxylation is 2. The highest BCUT2D eigenvalue weighted by Gasteiger charge is 2.12. The molecule has 1 heterocycles. The summed E-state index contributed by atoms with van der Waals surface area (Å²) in [5.74, 6) is 1.07. The van der Waals surface area contributed by atoms with Crippen molar-refractivity contribution in [3.8, 4) is 17.2 Å². The van der Waals surface area contributed by atoms with Crippen LogP contribution < -0.4 is 4.74 Å². The first-order valence-corrected chi connectivity index (χ1v) is 8.35. The van der Waals surface area contributed by atoms with Gasteiger partial charge in [0.15, 0.2) is 12.4 Å². The molecular weight excluding hydrogens is 316 g/mol. The second-order valence-electron chi connectivity index (χ2n) is 5.68. The monoisotopic (exact) mass is 336 g/mol. The van der Waals surface area contributed by atoms with Gasteiger partial charge in [-0.1, -0.05) is 26.0 Å². The minimum absolute atomic E-state index is 0.00636. The molecule has 25 heavy (non-hydrogen) atoms. The van der Waals surface area contributed by atoms with E-state index in [0.29, 0.717) is 11.6 Å². The molecule has 0 saturated carbocycles. The molecular formula is C20H20N2O3. The van der Waals surface area contributed by atoms with Crippen LogP contribution in [0.3, 0.4) is 0 Å². The standard InChI is InChI=1S/C20H20N2O3/c1-3-14-5-6-15(4-2)18(11-14)19(23)12-24-17-9-7-16(8-10-17)20-22-21-13-25-20/h5-11,13H,3-4,12H2,1-2H3. The van der Waals surface area contributed by atoms with Crippen LogP contribution in [-0.4, -0.2) is 22.6 Å². The number of rotatable bonds is 7.